The number of ether oxygens (including phenoxy) is 1. The van der Waals surface area contributed by atoms with Gasteiger partial charge >= 0.3 is 6.09 Å². The second kappa shape index (κ2) is 7.80. The van der Waals surface area contributed by atoms with Crippen molar-refractivity contribution in [3.8, 4) is 0 Å². The molecule has 0 saturated heterocycles. The minimum atomic E-state index is -0.999. The first-order valence-electron chi connectivity index (χ1n) is 9.01. The van der Waals surface area contributed by atoms with Gasteiger partial charge in [-0.2, -0.15) is 0 Å². The number of fused-ring (bicyclic) bond motifs is 1. The van der Waals surface area contributed by atoms with Crippen molar-refractivity contribution in [1.29, 1.82) is 0 Å². The van der Waals surface area contributed by atoms with Crippen LogP contribution in [0.15, 0.2) is 66.7 Å². The summed E-state index contributed by atoms with van der Waals surface area (Å²) in [6.45, 7) is 5.23. The van der Waals surface area contributed by atoms with E-state index in [0.717, 1.165) is 10.8 Å². The van der Waals surface area contributed by atoms with Crippen molar-refractivity contribution >= 4 is 22.6 Å². The summed E-state index contributed by atoms with van der Waals surface area (Å²) in [5.41, 5.74) is 0.244. The molecular formula is C23H22FNO3. The number of hydrogen-bond donors (Lipinski definition) is 1. The summed E-state index contributed by atoms with van der Waals surface area (Å²) in [4.78, 5) is 25.7. The van der Waals surface area contributed by atoms with E-state index in [4.69, 9.17) is 4.74 Å². The molecule has 28 heavy (non-hydrogen) atoms. The Morgan fingerprint density at radius 1 is 0.929 bits per heavy atom. The fraction of sp³-hybridized carbons (Fsp3) is 0.217. The van der Waals surface area contributed by atoms with Crippen LogP contribution in [0.5, 0.6) is 0 Å². The highest BCUT2D eigenvalue weighted by atomic mass is 19.1. The van der Waals surface area contributed by atoms with Crippen molar-refractivity contribution in [2.24, 2.45) is 0 Å². The molecule has 144 valence electrons. The minimum absolute atomic E-state index is 0.297. The average Bonchev–Trinajstić information content (AvgIpc) is 2.64. The molecule has 3 aromatic carbocycles. The number of ketones is 1. The van der Waals surface area contributed by atoms with Crippen molar-refractivity contribution in [2.75, 3.05) is 0 Å². The summed E-state index contributed by atoms with van der Waals surface area (Å²) in [6, 6.07) is 17.5. The van der Waals surface area contributed by atoms with E-state index in [9.17, 15) is 14.0 Å². The lowest BCUT2D eigenvalue weighted by Gasteiger charge is -2.23. The zero-order chi connectivity index (χ0) is 20.3. The van der Waals surface area contributed by atoms with E-state index in [1.165, 1.54) is 24.3 Å². The van der Waals surface area contributed by atoms with Crippen LogP contribution in [0.1, 0.15) is 42.7 Å². The van der Waals surface area contributed by atoms with E-state index in [0.29, 0.717) is 11.1 Å². The summed E-state index contributed by atoms with van der Waals surface area (Å²) in [5.74, 6) is -0.716. The molecule has 1 amide bonds. The van der Waals surface area contributed by atoms with E-state index in [-0.39, 0.29) is 5.78 Å². The lowest BCUT2D eigenvalue weighted by molar-refractivity contribution is 0.0491. The minimum Gasteiger partial charge on any atom is -0.444 e. The van der Waals surface area contributed by atoms with Crippen molar-refractivity contribution in [3.63, 3.8) is 0 Å². The van der Waals surface area contributed by atoms with Gasteiger partial charge in [0.15, 0.2) is 5.78 Å². The van der Waals surface area contributed by atoms with Crippen LogP contribution in [-0.2, 0) is 4.74 Å². The monoisotopic (exact) mass is 379 g/mol. The summed E-state index contributed by atoms with van der Waals surface area (Å²) >= 11 is 0. The molecule has 0 bridgehead atoms. The molecule has 0 heterocycles. The van der Waals surface area contributed by atoms with E-state index < -0.39 is 23.6 Å². The first-order chi connectivity index (χ1) is 13.2. The highest BCUT2D eigenvalue weighted by Gasteiger charge is 2.27. The second-order valence-corrected chi connectivity index (χ2v) is 7.52. The van der Waals surface area contributed by atoms with Gasteiger partial charge < -0.3 is 10.1 Å². The molecular weight excluding hydrogens is 357 g/mol. The second-order valence-electron chi connectivity index (χ2n) is 7.52. The lowest BCUT2D eigenvalue weighted by Crippen LogP contribution is -2.38. The van der Waals surface area contributed by atoms with Crippen LogP contribution < -0.4 is 5.32 Å². The zero-order valence-corrected chi connectivity index (χ0v) is 16.0. The van der Waals surface area contributed by atoms with Gasteiger partial charge in [-0.3, -0.25) is 4.79 Å². The maximum absolute atomic E-state index is 13.4. The van der Waals surface area contributed by atoms with Crippen molar-refractivity contribution in [3.05, 3.63) is 83.7 Å². The standard InChI is InChI=1S/C23H22FNO3/c1-23(2,3)28-22(27)25-20(16-11-13-17(24)14-12-16)21(26)19-10-6-8-15-7-4-5-9-18(15)19/h4-14,20H,1-3H3,(H,25,27). The van der Waals surface area contributed by atoms with Crippen LogP contribution >= 0.6 is 0 Å². The fourth-order valence-corrected chi connectivity index (χ4v) is 2.98. The molecule has 0 fully saturated rings. The van der Waals surface area contributed by atoms with Gasteiger partial charge in [-0.15, -0.1) is 0 Å². The van der Waals surface area contributed by atoms with Crippen molar-refractivity contribution < 1.29 is 18.7 Å². The molecule has 0 aromatic heterocycles. The number of nitrogens with one attached hydrogen (secondary N) is 1. The van der Waals surface area contributed by atoms with Gasteiger partial charge in [0.1, 0.15) is 17.5 Å². The van der Waals surface area contributed by atoms with Crippen molar-refractivity contribution in [2.45, 2.75) is 32.4 Å². The Kier molecular flexibility index (Phi) is 5.45. The maximum atomic E-state index is 13.4. The Bertz CT molecular complexity index is 1000. The zero-order valence-electron chi connectivity index (χ0n) is 16.0. The molecule has 3 rings (SSSR count). The van der Waals surface area contributed by atoms with Gasteiger partial charge in [0.2, 0.25) is 0 Å². The van der Waals surface area contributed by atoms with Gasteiger partial charge in [-0.05, 0) is 49.2 Å². The summed E-state index contributed by atoms with van der Waals surface area (Å²) < 4.78 is 18.7. The average molecular weight is 379 g/mol. The number of amides is 1. The molecule has 0 saturated carbocycles. The summed E-state index contributed by atoms with van der Waals surface area (Å²) in [6.07, 6.45) is -0.713. The smallest absolute Gasteiger partial charge is 0.408 e. The largest absolute Gasteiger partial charge is 0.444 e. The third kappa shape index (κ3) is 4.55. The Labute approximate surface area is 163 Å². The summed E-state index contributed by atoms with van der Waals surface area (Å²) in [5, 5.41) is 4.34. The van der Waals surface area contributed by atoms with Crippen LogP contribution in [0.2, 0.25) is 0 Å². The quantitative estimate of drug-likeness (QED) is 0.615. The van der Waals surface area contributed by atoms with Crippen molar-refractivity contribution in [1.82, 2.24) is 5.32 Å². The maximum Gasteiger partial charge on any atom is 0.408 e. The molecule has 1 atom stereocenters. The molecule has 0 aliphatic carbocycles. The Balaban J connectivity index is 2.01. The normalized spacial score (nSPS) is 12.4. The number of benzene rings is 3. The number of carbonyl (C=O) groups is 2. The summed E-state index contributed by atoms with van der Waals surface area (Å²) in [7, 11) is 0. The topological polar surface area (TPSA) is 55.4 Å². The molecule has 1 N–H and O–H groups in total. The number of hydrogen-bond acceptors (Lipinski definition) is 3. The molecule has 4 nitrogen and oxygen atoms in total. The third-order valence-corrected chi connectivity index (χ3v) is 4.18. The molecule has 0 radical (unpaired) electrons. The van der Waals surface area contributed by atoms with Gasteiger partial charge in [0.05, 0.1) is 0 Å². The highest BCUT2D eigenvalue weighted by Crippen LogP contribution is 2.25. The van der Waals surface area contributed by atoms with E-state index in [1.807, 2.05) is 30.3 Å². The Morgan fingerprint density at radius 2 is 1.57 bits per heavy atom. The van der Waals surface area contributed by atoms with Crippen LogP contribution in [0.4, 0.5) is 9.18 Å². The molecule has 0 aliphatic rings. The van der Waals surface area contributed by atoms with Crippen LogP contribution in [-0.4, -0.2) is 17.5 Å². The number of rotatable bonds is 4. The van der Waals surface area contributed by atoms with Gasteiger partial charge in [-0.25, -0.2) is 9.18 Å². The number of halogens is 1. The van der Waals surface area contributed by atoms with E-state index in [1.54, 1.807) is 32.9 Å². The number of alkyl carbamates (subject to hydrolysis) is 1. The first kappa shape index (κ1) is 19.5. The van der Waals surface area contributed by atoms with Crippen LogP contribution in [0, 0.1) is 5.82 Å². The van der Waals surface area contributed by atoms with Gasteiger partial charge in [0, 0.05) is 5.56 Å². The molecule has 1 unspecified atom stereocenters. The SMILES string of the molecule is CC(C)(C)OC(=O)NC(C(=O)c1cccc2ccccc12)c1ccc(F)cc1. The van der Waals surface area contributed by atoms with Crippen LogP contribution in [0.25, 0.3) is 10.8 Å². The molecule has 5 heteroatoms. The number of Topliss-reactive ketones (excluding diaryl/α,β-unsaturated/α-hetero) is 1. The lowest BCUT2D eigenvalue weighted by atomic mass is 9.93. The Hall–Kier alpha value is -3.21. The fourth-order valence-electron chi connectivity index (χ4n) is 2.98. The number of carbonyl (C=O) groups excluding carboxylic acids is 2. The van der Waals surface area contributed by atoms with Gasteiger partial charge in [-0.1, -0.05) is 54.6 Å². The molecule has 3 aromatic rings. The first-order valence-corrected chi connectivity index (χ1v) is 9.01. The van der Waals surface area contributed by atoms with E-state index in [2.05, 4.69) is 5.32 Å². The predicted octanol–water partition coefficient (Wildman–Crippen LogP) is 5.43. The van der Waals surface area contributed by atoms with Gasteiger partial charge in [0.25, 0.3) is 0 Å². The van der Waals surface area contributed by atoms with Crippen LogP contribution in [0.3, 0.4) is 0 Å². The third-order valence-electron chi connectivity index (χ3n) is 4.18. The molecule has 0 spiro atoms. The van der Waals surface area contributed by atoms with E-state index >= 15 is 0 Å². The highest BCUT2D eigenvalue weighted by molar-refractivity contribution is 6.11. The predicted molar refractivity (Wildman–Crippen MR) is 107 cm³/mol. The molecule has 0 aliphatic heterocycles. The Morgan fingerprint density at radius 3 is 2.25 bits per heavy atom.